The average molecular weight is 341 g/mol. The number of thiophene rings is 2. The van der Waals surface area contributed by atoms with Crippen LogP contribution in [0.4, 0.5) is 0 Å². The minimum absolute atomic E-state index is 0.201. The Bertz CT molecular complexity index is 745. The first kappa shape index (κ1) is 15.3. The molecule has 5 heteroatoms. The summed E-state index contributed by atoms with van der Waals surface area (Å²) in [4.78, 5) is 4.91. The van der Waals surface area contributed by atoms with E-state index in [0.29, 0.717) is 0 Å². The van der Waals surface area contributed by atoms with Gasteiger partial charge in [-0.1, -0.05) is 0 Å². The summed E-state index contributed by atoms with van der Waals surface area (Å²) < 4.78 is 25.3. The van der Waals surface area contributed by atoms with Gasteiger partial charge < -0.3 is 0 Å². The lowest BCUT2D eigenvalue weighted by Gasteiger charge is -2.06. The monoisotopic (exact) mass is 340 g/mol. The second-order valence-electron chi connectivity index (χ2n) is 5.88. The summed E-state index contributed by atoms with van der Waals surface area (Å²) in [5.74, 6) is 0.401. The third-order valence-electron chi connectivity index (χ3n) is 4.39. The first-order valence-electron chi connectivity index (χ1n) is 7.14. The summed E-state index contributed by atoms with van der Waals surface area (Å²) in [6, 6.07) is 0. The SMILES string of the molecule is Cc1sc(C)c2c1CCc1c(C)sc(C)c1CS(=O)(=O)C2. The van der Waals surface area contributed by atoms with Crippen molar-refractivity contribution in [3.05, 3.63) is 41.8 Å². The fourth-order valence-electron chi connectivity index (χ4n) is 3.33. The van der Waals surface area contributed by atoms with Crippen LogP contribution in [-0.2, 0) is 34.2 Å². The van der Waals surface area contributed by atoms with Gasteiger partial charge in [-0.2, -0.15) is 0 Å². The molecule has 0 saturated carbocycles. The molecule has 2 nitrogen and oxygen atoms in total. The van der Waals surface area contributed by atoms with Crippen LogP contribution >= 0.6 is 22.7 Å². The Morgan fingerprint density at radius 3 is 1.38 bits per heavy atom. The molecule has 2 aromatic rings. The predicted molar refractivity (Wildman–Crippen MR) is 91.3 cm³/mol. The summed E-state index contributed by atoms with van der Waals surface area (Å²) in [5.41, 5.74) is 4.69. The summed E-state index contributed by atoms with van der Waals surface area (Å²) >= 11 is 3.48. The largest absolute Gasteiger partial charge is 0.228 e. The van der Waals surface area contributed by atoms with Crippen molar-refractivity contribution in [2.75, 3.05) is 0 Å². The van der Waals surface area contributed by atoms with Gasteiger partial charge in [-0.15, -0.1) is 22.7 Å². The summed E-state index contributed by atoms with van der Waals surface area (Å²) in [6.45, 7) is 8.34. The molecule has 0 atom stereocenters. The second kappa shape index (κ2) is 5.21. The Labute approximate surface area is 134 Å². The maximum Gasteiger partial charge on any atom is 0.158 e. The summed E-state index contributed by atoms with van der Waals surface area (Å²) in [7, 11) is -3.10. The molecule has 2 aromatic heterocycles. The van der Waals surface area contributed by atoms with E-state index in [2.05, 4.69) is 27.7 Å². The number of hydrogen-bond donors (Lipinski definition) is 0. The van der Waals surface area contributed by atoms with E-state index in [1.807, 2.05) is 0 Å². The minimum Gasteiger partial charge on any atom is -0.228 e. The molecule has 1 aliphatic rings. The maximum atomic E-state index is 12.6. The van der Waals surface area contributed by atoms with E-state index in [1.165, 1.54) is 30.6 Å². The number of aryl methyl sites for hydroxylation is 4. The van der Waals surface area contributed by atoms with Crippen molar-refractivity contribution < 1.29 is 8.42 Å². The molecule has 0 saturated heterocycles. The molecule has 0 fully saturated rings. The first-order valence-corrected chi connectivity index (χ1v) is 10.6. The fraction of sp³-hybridized carbons (Fsp3) is 0.500. The van der Waals surface area contributed by atoms with Crippen LogP contribution in [0.1, 0.15) is 41.8 Å². The standard InChI is InChI=1S/C16H20O2S3/c1-9-13-5-6-14-10(2)20-12(4)16(14)8-21(17,18)7-15(13)11(3)19-9/h5-8H2,1-4H3. The van der Waals surface area contributed by atoms with Gasteiger partial charge in [-0.3, -0.25) is 0 Å². The van der Waals surface area contributed by atoms with Crippen LogP contribution in [0.2, 0.25) is 0 Å². The van der Waals surface area contributed by atoms with Crippen LogP contribution < -0.4 is 0 Å². The van der Waals surface area contributed by atoms with E-state index in [0.717, 1.165) is 24.0 Å². The molecule has 1 aliphatic heterocycles. The molecular weight excluding hydrogens is 320 g/mol. The van der Waals surface area contributed by atoms with E-state index < -0.39 is 9.84 Å². The molecule has 0 unspecified atom stereocenters. The average Bonchev–Trinajstić information content (AvgIpc) is 2.78. The molecule has 21 heavy (non-hydrogen) atoms. The van der Waals surface area contributed by atoms with Crippen LogP contribution in [0, 0.1) is 27.7 Å². The van der Waals surface area contributed by atoms with E-state index >= 15 is 0 Å². The topological polar surface area (TPSA) is 34.1 Å². The van der Waals surface area contributed by atoms with Crippen molar-refractivity contribution in [2.24, 2.45) is 0 Å². The van der Waals surface area contributed by atoms with Crippen LogP contribution in [0.25, 0.3) is 0 Å². The molecule has 114 valence electrons. The third kappa shape index (κ3) is 2.71. The van der Waals surface area contributed by atoms with Crippen LogP contribution in [0.3, 0.4) is 0 Å². The van der Waals surface area contributed by atoms with Gasteiger partial charge >= 0.3 is 0 Å². The van der Waals surface area contributed by atoms with Crippen molar-refractivity contribution in [2.45, 2.75) is 52.0 Å². The quantitative estimate of drug-likeness (QED) is 0.718. The number of sulfone groups is 1. The first-order chi connectivity index (χ1) is 9.78. The van der Waals surface area contributed by atoms with Crippen LogP contribution in [0.5, 0.6) is 0 Å². The van der Waals surface area contributed by atoms with E-state index in [-0.39, 0.29) is 11.5 Å². The maximum absolute atomic E-state index is 12.6. The molecule has 0 radical (unpaired) electrons. The van der Waals surface area contributed by atoms with Gasteiger partial charge in [0.25, 0.3) is 0 Å². The lowest BCUT2D eigenvalue weighted by molar-refractivity contribution is 0.594. The number of hydrogen-bond acceptors (Lipinski definition) is 4. The molecule has 0 aromatic carbocycles. The highest BCUT2D eigenvalue weighted by atomic mass is 32.2. The zero-order valence-corrected chi connectivity index (χ0v) is 15.3. The fourth-order valence-corrected chi connectivity index (χ4v) is 7.53. The zero-order valence-electron chi connectivity index (χ0n) is 12.9. The highest BCUT2D eigenvalue weighted by Gasteiger charge is 2.26. The van der Waals surface area contributed by atoms with Gasteiger partial charge in [0.15, 0.2) is 9.84 Å². The highest BCUT2D eigenvalue weighted by Crippen LogP contribution is 2.36. The summed E-state index contributed by atoms with van der Waals surface area (Å²) in [5, 5.41) is 0. The van der Waals surface area contributed by atoms with E-state index in [9.17, 15) is 8.42 Å². The molecular formula is C16H20O2S3. The Kier molecular flexibility index (Phi) is 3.79. The van der Waals surface area contributed by atoms with E-state index in [1.54, 1.807) is 22.7 Å². The van der Waals surface area contributed by atoms with Gasteiger partial charge in [-0.25, -0.2) is 8.42 Å². The lowest BCUT2D eigenvalue weighted by Crippen LogP contribution is -2.09. The molecule has 3 rings (SSSR count). The Morgan fingerprint density at radius 1 is 0.667 bits per heavy atom. The summed E-state index contributed by atoms with van der Waals surface area (Å²) in [6.07, 6.45) is 1.93. The van der Waals surface area contributed by atoms with Gasteiger partial charge in [0.1, 0.15) is 0 Å². The van der Waals surface area contributed by atoms with Gasteiger partial charge in [0.2, 0.25) is 0 Å². The van der Waals surface area contributed by atoms with Crippen molar-refractivity contribution >= 4 is 32.5 Å². The van der Waals surface area contributed by atoms with Gasteiger partial charge in [0, 0.05) is 19.5 Å². The van der Waals surface area contributed by atoms with Crippen molar-refractivity contribution in [1.29, 1.82) is 0 Å². The molecule has 0 N–H and O–H groups in total. The lowest BCUT2D eigenvalue weighted by atomic mass is 9.99. The van der Waals surface area contributed by atoms with Crippen molar-refractivity contribution in [3.63, 3.8) is 0 Å². The molecule has 0 bridgehead atoms. The predicted octanol–water partition coefficient (Wildman–Crippen LogP) is 4.26. The minimum atomic E-state index is -3.10. The Hall–Kier alpha value is -0.650. The molecule has 0 aliphatic carbocycles. The van der Waals surface area contributed by atoms with Gasteiger partial charge in [-0.05, 0) is 62.8 Å². The molecule has 0 spiro atoms. The van der Waals surface area contributed by atoms with Crippen molar-refractivity contribution in [3.8, 4) is 0 Å². The van der Waals surface area contributed by atoms with Crippen molar-refractivity contribution in [1.82, 2.24) is 0 Å². The Morgan fingerprint density at radius 2 is 1.00 bits per heavy atom. The molecule has 0 amide bonds. The van der Waals surface area contributed by atoms with Crippen LogP contribution in [-0.4, -0.2) is 8.42 Å². The highest BCUT2D eigenvalue weighted by molar-refractivity contribution is 7.89. The Balaban J connectivity index is 2.18. The van der Waals surface area contributed by atoms with E-state index in [4.69, 9.17) is 0 Å². The normalized spacial score (nSPS) is 17.5. The van der Waals surface area contributed by atoms with Gasteiger partial charge in [0.05, 0.1) is 11.5 Å². The smallest absolute Gasteiger partial charge is 0.158 e. The number of fused-ring (bicyclic) bond motifs is 2. The van der Waals surface area contributed by atoms with Crippen LogP contribution in [0.15, 0.2) is 0 Å². The second-order valence-corrected chi connectivity index (χ2v) is 10.8. The number of rotatable bonds is 0. The third-order valence-corrected chi connectivity index (χ3v) is 8.06. The molecule has 3 heterocycles. The zero-order chi connectivity index (χ0) is 15.4.